The fourth-order valence-corrected chi connectivity index (χ4v) is 1.49. The molecule has 0 bridgehead atoms. The number of benzene rings is 1. The van der Waals surface area contributed by atoms with E-state index in [9.17, 15) is 0 Å². The summed E-state index contributed by atoms with van der Waals surface area (Å²) < 4.78 is 0. The van der Waals surface area contributed by atoms with Crippen molar-refractivity contribution in [3.8, 4) is 0 Å². The van der Waals surface area contributed by atoms with Crippen LogP contribution in [0.25, 0.3) is 0 Å². The van der Waals surface area contributed by atoms with Gasteiger partial charge in [-0.05, 0) is 37.7 Å². The maximum Gasteiger partial charge on any atom is 0.0453 e. The summed E-state index contributed by atoms with van der Waals surface area (Å²) in [6, 6.07) is 5.59. The molecule has 1 N–H and O–H groups in total. The van der Waals surface area contributed by atoms with E-state index >= 15 is 0 Å². The van der Waals surface area contributed by atoms with Gasteiger partial charge >= 0.3 is 0 Å². The molecule has 0 amide bonds. The Morgan fingerprint density at radius 3 is 2.36 bits per heavy atom. The van der Waals surface area contributed by atoms with Crippen molar-refractivity contribution in [1.82, 2.24) is 5.32 Å². The first-order chi connectivity index (χ1) is 6.74. The van der Waals surface area contributed by atoms with Crippen LogP contribution in [0.5, 0.6) is 0 Å². The Hall–Kier alpha value is -0.240. The van der Waals surface area contributed by atoms with Crippen LogP contribution in [0.2, 0.25) is 10.0 Å². The molecule has 1 aromatic carbocycles. The zero-order chi connectivity index (χ0) is 11.0. The molecule has 80 valence electrons. The molecule has 0 atom stereocenters. The molecule has 0 aliphatic heterocycles. The lowest BCUT2D eigenvalue weighted by Crippen LogP contribution is -2.10. The number of halogens is 2. The molecule has 0 saturated heterocycles. The molecule has 0 saturated carbocycles. The monoisotopic (exact) mass is 233 g/mol. The quantitative estimate of drug-likeness (QED) is 0.839. The normalized spacial score (nSPS) is 9.21. The summed E-state index contributed by atoms with van der Waals surface area (Å²) in [5.74, 6) is 0. The van der Waals surface area contributed by atoms with Crippen molar-refractivity contribution in [2.45, 2.75) is 20.3 Å². The Bertz CT molecular complexity index is 261. The van der Waals surface area contributed by atoms with Gasteiger partial charge in [0.2, 0.25) is 0 Å². The highest BCUT2D eigenvalue weighted by atomic mass is 35.5. The number of nitrogens with one attached hydrogen (secondary N) is 1. The maximum atomic E-state index is 5.95. The first kappa shape index (κ1) is 13.8. The highest BCUT2D eigenvalue weighted by molar-refractivity contribution is 6.35. The van der Waals surface area contributed by atoms with Gasteiger partial charge in [0, 0.05) is 10.0 Å². The number of hydrogen-bond donors (Lipinski definition) is 1. The molecule has 0 fully saturated rings. The molecule has 0 heterocycles. The molecular weight excluding hydrogens is 217 g/mol. The lowest BCUT2D eigenvalue weighted by molar-refractivity contribution is 0.792. The summed E-state index contributed by atoms with van der Waals surface area (Å²) in [5, 5.41) is 4.50. The highest BCUT2D eigenvalue weighted by Crippen LogP contribution is 2.20. The second kappa shape index (κ2) is 8.10. The van der Waals surface area contributed by atoms with Gasteiger partial charge in [0.1, 0.15) is 0 Å². The van der Waals surface area contributed by atoms with Gasteiger partial charge in [-0.25, -0.2) is 0 Å². The first-order valence-electron chi connectivity index (χ1n) is 4.82. The van der Waals surface area contributed by atoms with E-state index in [-0.39, 0.29) is 0 Å². The fourth-order valence-electron chi connectivity index (χ4n) is 0.984. The Morgan fingerprint density at radius 2 is 1.86 bits per heavy atom. The smallest absolute Gasteiger partial charge is 0.0453 e. The van der Waals surface area contributed by atoms with Gasteiger partial charge in [-0.3, -0.25) is 0 Å². The van der Waals surface area contributed by atoms with Crippen LogP contribution >= 0.6 is 23.2 Å². The third-order valence-electron chi connectivity index (χ3n) is 1.66. The minimum atomic E-state index is 0.688. The Labute approximate surface area is 96.4 Å². The molecule has 1 rings (SSSR count). The summed E-state index contributed by atoms with van der Waals surface area (Å²) in [5.41, 5.74) is 1.13. The van der Waals surface area contributed by atoms with Gasteiger partial charge in [-0.15, -0.1) is 0 Å². The Kier molecular flexibility index (Phi) is 7.96. The topological polar surface area (TPSA) is 12.0 Å². The van der Waals surface area contributed by atoms with Crippen LogP contribution in [-0.4, -0.2) is 13.6 Å². The van der Waals surface area contributed by atoms with E-state index in [0.29, 0.717) is 5.02 Å². The predicted octanol–water partition coefficient (Wildman–Crippen LogP) is 3.78. The van der Waals surface area contributed by atoms with E-state index in [1.165, 1.54) is 0 Å². The van der Waals surface area contributed by atoms with Crippen molar-refractivity contribution < 1.29 is 0 Å². The third-order valence-corrected chi connectivity index (χ3v) is 2.25. The van der Waals surface area contributed by atoms with E-state index in [1.807, 2.05) is 33.0 Å². The summed E-state index contributed by atoms with van der Waals surface area (Å²) >= 11 is 11.7. The fraction of sp³-hybridized carbons (Fsp3) is 0.455. The van der Waals surface area contributed by atoms with Crippen LogP contribution < -0.4 is 5.32 Å². The SMILES string of the molecule is CC.CNCCc1ccc(Cl)cc1Cl. The molecule has 0 aromatic heterocycles. The minimum absolute atomic E-state index is 0.688. The summed E-state index contributed by atoms with van der Waals surface area (Å²) in [6.07, 6.45) is 0.937. The number of rotatable bonds is 3. The van der Waals surface area contributed by atoms with Gasteiger partial charge in [-0.2, -0.15) is 0 Å². The molecule has 3 heteroatoms. The van der Waals surface area contributed by atoms with E-state index in [4.69, 9.17) is 23.2 Å². The first-order valence-corrected chi connectivity index (χ1v) is 5.58. The second-order valence-electron chi connectivity index (χ2n) is 2.59. The molecule has 0 radical (unpaired) electrons. The maximum absolute atomic E-state index is 5.95. The molecule has 0 spiro atoms. The Morgan fingerprint density at radius 1 is 1.21 bits per heavy atom. The van der Waals surface area contributed by atoms with Crippen molar-refractivity contribution in [2.24, 2.45) is 0 Å². The van der Waals surface area contributed by atoms with Crippen LogP contribution in [0.1, 0.15) is 19.4 Å². The largest absolute Gasteiger partial charge is 0.319 e. The second-order valence-corrected chi connectivity index (χ2v) is 3.43. The van der Waals surface area contributed by atoms with Crippen LogP contribution in [0.15, 0.2) is 18.2 Å². The van der Waals surface area contributed by atoms with Crippen LogP contribution in [-0.2, 0) is 6.42 Å². The van der Waals surface area contributed by atoms with Gasteiger partial charge in [0.05, 0.1) is 0 Å². The van der Waals surface area contributed by atoms with Crippen LogP contribution in [0, 0.1) is 0 Å². The lowest BCUT2D eigenvalue weighted by atomic mass is 10.1. The highest BCUT2D eigenvalue weighted by Gasteiger charge is 1.99. The molecule has 0 unspecified atom stereocenters. The standard InChI is InChI=1S/C9H11Cl2N.C2H6/c1-12-5-4-7-2-3-8(10)6-9(7)11;1-2/h2-3,6,12H,4-5H2,1H3;1-2H3. The third kappa shape index (κ3) is 4.85. The van der Waals surface area contributed by atoms with Crippen molar-refractivity contribution in [2.75, 3.05) is 13.6 Å². The van der Waals surface area contributed by atoms with Crippen molar-refractivity contribution >= 4 is 23.2 Å². The Balaban J connectivity index is 0.000000791. The average Bonchev–Trinajstić information content (AvgIpc) is 2.20. The molecule has 1 aromatic rings. The summed E-state index contributed by atoms with van der Waals surface area (Å²) in [6.45, 7) is 4.93. The zero-order valence-corrected chi connectivity index (χ0v) is 10.4. The summed E-state index contributed by atoms with van der Waals surface area (Å²) in [4.78, 5) is 0. The van der Waals surface area contributed by atoms with Crippen molar-refractivity contribution in [3.63, 3.8) is 0 Å². The predicted molar refractivity (Wildman–Crippen MR) is 65.4 cm³/mol. The van der Waals surface area contributed by atoms with Gasteiger partial charge in [-0.1, -0.05) is 43.1 Å². The molecular formula is C11H17Cl2N. The summed E-state index contributed by atoms with van der Waals surface area (Å²) in [7, 11) is 1.92. The minimum Gasteiger partial charge on any atom is -0.319 e. The molecule has 0 aliphatic rings. The zero-order valence-electron chi connectivity index (χ0n) is 8.90. The van der Waals surface area contributed by atoms with E-state index in [1.54, 1.807) is 6.07 Å². The van der Waals surface area contributed by atoms with E-state index < -0.39 is 0 Å². The van der Waals surface area contributed by atoms with Crippen molar-refractivity contribution in [1.29, 1.82) is 0 Å². The number of hydrogen-bond acceptors (Lipinski definition) is 1. The van der Waals surface area contributed by atoms with Gasteiger partial charge < -0.3 is 5.32 Å². The average molecular weight is 234 g/mol. The van der Waals surface area contributed by atoms with E-state index in [2.05, 4.69) is 5.32 Å². The molecule has 14 heavy (non-hydrogen) atoms. The molecule has 1 nitrogen and oxygen atoms in total. The number of likely N-dealkylation sites (N-methyl/N-ethyl adjacent to an activating group) is 1. The van der Waals surface area contributed by atoms with Gasteiger partial charge in [0.25, 0.3) is 0 Å². The van der Waals surface area contributed by atoms with Crippen LogP contribution in [0.3, 0.4) is 0 Å². The van der Waals surface area contributed by atoms with E-state index in [0.717, 1.165) is 23.6 Å². The molecule has 0 aliphatic carbocycles. The van der Waals surface area contributed by atoms with Crippen molar-refractivity contribution in [3.05, 3.63) is 33.8 Å². The lowest BCUT2D eigenvalue weighted by Gasteiger charge is -2.03. The van der Waals surface area contributed by atoms with Crippen LogP contribution in [0.4, 0.5) is 0 Å². The van der Waals surface area contributed by atoms with Gasteiger partial charge in [0.15, 0.2) is 0 Å².